The summed E-state index contributed by atoms with van der Waals surface area (Å²) in [5.74, 6) is -0.931. The van der Waals surface area contributed by atoms with Gasteiger partial charge in [-0.2, -0.15) is 0 Å². The molecule has 1 rings (SSSR count). The summed E-state index contributed by atoms with van der Waals surface area (Å²) in [5.41, 5.74) is 6.21. The fraction of sp³-hybridized carbons (Fsp3) is 0.364. The van der Waals surface area contributed by atoms with E-state index in [2.05, 4.69) is 36.6 Å². The zero-order valence-corrected chi connectivity index (χ0v) is 13.5. The molecule has 2 atom stereocenters. The number of rotatable bonds is 4. The van der Waals surface area contributed by atoms with Gasteiger partial charge in [-0.25, -0.2) is 9.18 Å². The Hall–Kier alpha value is -0.170. The van der Waals surface area contributed by atoms with E-state index in [4.69, 9.17) is 5.73 Å². The van der Waals surface area contributed by atoms with Crippen molar-refractivity contribution in [2.24, 2.45) is 5.73 Å². The zero-order chi connectivity index (χ0) is 13.0. The van der Waals surface area contributed by atoms with Crippen molar-refractivity contribution in [3.63, 3.8) is 0 Å². The lowest BCUT2D eigenvalue weighted by Crippen LogP contribution is -2.31. The Morgan fingerprint density at radius 3 is 2.56 bits per heavy atom. The molecule has 18 heavy (non-hydrogen) atoms. The molecule has 1 aromatic rings. The predicted molar refractivity (Wildman–Crippen MR) is 77.5 cm³/mol. The Kier molecular flexibility index (Phi) is 8.02. The number of halogens is 4. The standard InChI is InChI=1S/C11H12Br2FNO2.ClH/c1-2-17-11(16)9(14)10(15)6-3-4-7(12)8(13)5-6;/h3-5,9-10H,2,15H2,1H3;1H/t9?,10-;/m0./s1. The van der Waals surface area contributed by atoms with E-state index in [9.17, 15) is 9.18 Å². The third-order valence-corrected chi connectivity index (χ3v) is 4.04. The summed E-state index contributed by atoms with van der Waals surface area (Å²) in [5, 5.41) is 0. The average molecular weight is 405 g/mol. The molecule has 0 saturated heterocycles. The second kappa shape index (κ2) is 8.09. The van der Waals surface area contributed by atoms with E-state index in [0.717, 1.165) is 8.95 Å². The van der Waals surface area contributed by atoms with Crippen LogP contribution in [0.4, 0.5) is 4.39 Å². The molecule has 0 fully saturated rings. The van der Waals surface area contributed by atoms with Crippen LogP contribution >= 0.6 is 44.3 Å². The Morgan fingerprint density at radius 1 is 1.44 bits per heavy atom. The molecule has 102 valence electrons. The molecule has 0 aliphatic carbocycles. The molecular weight excluding hydrogens is 392 g/mol. The first kappa shape index (κ1) is 17.8. The van der Waals surface area contributed by atoms with Crippen LogP contribution in [0.1, 0.15) is 18.5 Å². The van der Waals surface area contributed by atoms with Gasteiger partial charge in [0.05, 0.1) is 12.6 Å². The summed E-state index contributed by atoms with van der Waals surface area (Å²) in [6.45, 7) is 1.75. The monoisotopic (exact) mass is 403 g/mol. The fourth-order valence-corrected chi connectivity index (χ4v) is 1.90. The van der Waals surface area contributed by atoms with Crippen molar-refractivity contribution in [1.29, 1.82) is 0 Å². The van der Waals surface area contributed by atoms with Crippen LogP contribution in [0.5, 0.6) is 0 Å². The van der Waals surface area contributed by atoms with E-state index in [-0.39, 0.29) is 19.0 Å². The van der Waals surface area contributed by atoms with E-state index in [1.54, 1.807) is 25.1 Å². The highest BCUT2D eigenvalue weighted by Crippen LogP contribution is 2.27. The van der Waals surface area contributed by atoms with Gasteiger partial charge in [0, 0.05) is 8.95 Å². The van der Waals surface area contributed by atoms with Gasteiger partial charge >= 0.3 is 5.97 Å². The largest absolute Gasteiger partial charge is 0.464 e. The quantitative estimate of drug-likeness (QED) is 0.780. The van der Waals surface area contributed by atoms with Crippen LogP contribution in [0.15, 0.2) is 27.1 Å². The van der Waals surface area contributed by atoms with Crippen LogP contribution in [-0.4, -0.2) is 18.7 Å². The molecule has 1 aromatic carbocycles. The molecule has 0 spiro atoms. The molecule has 0 radical (unpaired) electrons. The summed E-state index contributed by atoms with van der Waals surface area (Å²) in [4.78, 5) is 11.2. The van der Waals surface area contributed by atoms with E-state index in [0.29, 0.717) is 5.56 Å². The number of ether oxygens (including phenoxy) is 1. The minimum absolute atomic E-state index is 0. The SMILES string of the molecule is CCOC(=O)C(F)[C@@H](N)c1ccc(Br)c(Br)c1.Cl. The first-order valence-corrected chi connectivity index (χ1v) is 6.57. The predicted octanol–water partition coefficient (Wildman–Crippen LogP) is 3.53. The molecule has 3 nitrogen and oxygen atoms in total. The van der Waals surface area contributed by atoms with Gasteiger partial charge < -0.3 is 10.5 Å². The number of hydrogen-bond acceptors (Lipinski definition) is 3. The Morgan fingerprint density at radius 2 is 2.06 bits per heavy atom. The lowest BCUT2D eigenvalue weighted by molar-refractivity contribution is -0.149. The topological polar surface area (TPSA) is 52.3 Å². The van der Waals surface area contributed by atoms with Gasteiger partial charge in [0.15, 0.2) is 0 Å². The highest BCUT2D eigenvalue weighted by Gasteiger charge is 2.27. The minimum atomic E-state index is -1.86. The number of benzene rings is 1. The van der Waals surface area contributed by atoms with E-state index >= 15 is 0 Å². The van der Waals surface area contributed by atoms with Crippen molar-refractivity contribution in [1.82, 2.24) is 0 Å². The maximum absolute atomic E-state index is 13.7. The van der Waals surface area contributed by atoms with Gasteiger partial charge in [0.1, 0.15) is 0 Å². The second-order valence-corrected chi connectivity index (χ2v) is 5.06. The van der Waals surface area contributed by atoms with Crippen molar-refractivity contribution in [3.8, 4) is 0 Å². The second-order valence-electron chi connectivity index (χ2n) is 3.35. The van der Waals surface area contributed by atoms with Crippen LogP contribution < -0.4 is 5.73 Å². The maximum atomic E-state index is 13.7. The number of carbonyl (C=O) groups is 1. The van der Waals surface area contributed by atoms with Crippen molar-refractivity contribution in [2.45, 2.75) is 19.1 Å². The molecule has 0 bridgehead atoms. The smallest absolute Gasteiger partial charge is 0.342 e. The van der Waals surface area contributed by atoms with Gasteiger partial charge in [-0.3, -0.25) is 0 Å². The average Bonchev–Trinajstić information content (AvgIpc) is 2.31. The number of carbonyl (C=O) groups excluding carboxylic acids is 1. The van der Waals surface area contributed by atoms with E-state index in [1.165, 1.54) is 0 Å². The van der Waals surface area contributed by atoms with E-state index in [1.807, 2.05) is 0 Å². The van der Waals surface area contributed by atoms with Gasteiger partial charge in [-0.1, -0.05) is 6.07 Å². The molecule has 0 aromatic heterocycles. The van der Waals surface area contributed by atoms with Crippen molar-refractivity contribution < 1.29 is 13.9 Å². The number of nitrogens with two attached hydrogens (primary N) is 1. The molecule has 1 unspecified atom stereocenters. The van der Waals surface area contributed by atoms with Gasteiger partial charge in [0.25, 0.3) is 0 Å². The summed E-state index contributed by atoms with van der Waals surface area (Å²) < 4.78 is 19.8. The van der Waals surface area contributed by atoms with E-state index < -0.39 is 18.2 Å². The van der Waals surface area contributed by atoms with Crippen molar-refractivity contribution in [2.75, 3.05) is 6.61 Å². The molecule has 2 N–H and O–H groups in total. The lowest BCUT2D eigenvalue weighted by atomic mass is 10.0. The highest BCUT2D eigenvalue weighted by molar-refractivity contribution is 9.13. The molecule has 0 saturated carbocycles. The normalized spacial score (nSPS) is 13.4. The molecule has 0 aliphatic rings. The molecule has 0 amide bonds. The van der Waals surface area contributed by atoms with Gasteiger partial charge in [-0.15, -0.1) is 12.4 Å². The summed E-state index contributed by atoms with van der Waals surface area (Å²) in [6, 6.07) is 4.03. The Balaban J connectivity index is 0.00000289. The zero-order valence-electron chi connectivity index (χ0n) is 9.53. The lowest BCUT2D eigenvalue weighted by Gasteiger charge is -2.16. The third kappa shape index (κ3) is 4.50. The van der Waals surface area contributed by atoms with Crippen LogP contribution in [0, 0.1) is 0 Å². The van der Waals surface area contributed by atoms with Crippen LogP contribution in [0.3, 0.4) is 0 Å². The summed E-state index contributed by atoms with van der Waals surface area (Å²) in [6.07, 6.45) is -1.86. The fourth-order valence-electron chi connectivity index (χ4n) is 1.26. The van der Waals surface area contributed by atoms with Crippen LogP contribution in [-0.2, 0) is 9.53 Å². The van der Waals surface area contributed by atoms with Crippen molar-refractivity contribution in [3.05, 3.63) is 32.7 Å². The first-order chi connectivity index (χ1) is 7.97. The Bertz CT molecular complexity index is 420. The molecule has 0 heterocycles. The maximum Gasteiger partial charge on any atom is 0.342 e. The first-order valence-electron chi connectivity index (χ1n) is 4.98. The van der Waals surface area contributed by atoms with Crippen LogP contribution in [0.25, 0.3) is 0 Å². The summed E-state index contributed by atoms with van der Waals surface area (Å²) in [7, 11) is 0. The van der Waals surface area contributed by atoms with Crippen molar-refractivity contribution >= 4 is 50.2 Å². The Labute approximate surface area is 128 Å². The highest BCUT2D eigenvalue weighted by atomic mass is 79.9. The number of esters is 1. The molecular formula is C11H13Br2ClFNO2. The summed E-state index contributed by atoms with van der Waals surface area (Å²) >= 11 is 6.59. The number of alkyl halides is 1. The molecule has 0 aliphatic heterocycles. The van der Waals surface area contributed by atoms with Gasteiger partial charge in [-0.05, 0) is 56.5 Å². The number of hydrogen-bond donors (Lipinski definition) is 1. The molecule has 7 heteroatoms. The minimum Gasteiger partial charge on any atom is -0.464 e. The van der Waals surface area contributed by atoms with Crippen LogP contribution in [0.2, 0.25) is 0 Å². The third-order valence-electron chi connectivity index (χ3n) is 2.16. The van der Waals surface area contributed by atoms with Gasteiger partial charge in [0.2, 0.25) is 6.17 Å².